The van der Waals surface area contributed by atoms with E-state index in [1.807, 2.05) is 24.3 Å². The smallest absolute Gasteiger partial charge is 0.238 e. The summed E-state index contributed by atoms with van der Waals surface area (Å²) in [5, 5.41) is 2.96. The molecule has 3 nitrogen and oxygen atoms in total. The van der Waals surface area contributed by atoms with E-state index in [0.29, 0.717) is 12.5 Å². The molecule has 1 atom stereocenters. The van der Waals surface area contributed by atoms with Crippen molar-refractivity contribution in [1.29, 1.82) is 0 Å². The molecule has 1 aromatic carbocycles. The molecular formula is C14H19IN2O. The van der Waals surface area contributed by atoms with Crippen molar-refractivity contribution in [2.24, 2.45) is 5.92 Å². The molecule has 1 amide bonds. The molecule has 98 valence electrons. The van der Waals surface area contributed by atoms with Crippen LogP contribution >= 0.6 is 22.6 Å². The number of likely N-dealkylation sites (tertiary alicyclic amines) is 1. The first-order chi connectivity index (χ1) is 8.63. The van der Waals surface area contributed by atoms with Gasteiger partial charge in [-0.25, -0.2) is 0 Å². The molecule has 1 aromatic rings. The van der Waals surface area contributed by atoms with Gasteiger partial charge in [0.1, 0.15) is 0 Å². The minimum absolute atomic E-state index is 0.0890. The van der Waals surface area contributed by atoms with Gasteiger partial charge < -0.3 is 5.32 Å². The molecule has 4 heteroatoms. The van der Waals surface area contributed by atoms with Crippen LogP contribution in [0.1, 0.15) is 19.8 Å². The number of carbonyl (C=O) groups excluding carboxylic acids is 1. The Labute approximate surface area is 122 Å². The van der Waals surface area contributed by atoms with E-state index in [-0.39, 0.29) is 5.91 Å². The Morgan fingerprint density at radius 2 is 2.39 bits per heavy atom. The molecule has 1 saturated heterocycles. The van der Waals surface area contributed by atoms with Gasteiger partial charge in [-0.15, -0.1) is 0 Å². The summed E-state index contributed by atoms with van der Waals surface area (Å²) in [4.78, 5) is 14.2. The molecule has 0 aliphatic carbocycles. The number of amides is 1. The molecular weight excluding hydrogens is 339 g/mol. The third kappa shape index (κ3) is 4.24. The van der Waals surface area contributed by atoms with E-state index < -0.39 is 0 Å². The number of rotatable bonds is 3. The van der Waals surface area contributed by atoms with E-state index >= 15 is 0 Å². The lowest BCUT2D eigenvalue weighted by Gasteiger charge is -2.30. The zero-order valence-electron chi connectivity index (χ0n) is 10.7. The Kier molecular flexibility index (Phi) is 5.00. The Morgan fingerprint density at radius 3 is 3.11 bits per heavy atom. The fraction of sp³-hybridized carbons (Fsp3) is 0.500. The maximum absolute atomic E-state index is 11.9. The van der Waals surface area contributed by atoms with E-state index in [1.54, 1.807) is 0 Å². The van der Waals surface area contributed by atoms with Crippen LogP contribution in [0.3, 0.4) is 0 Å². The number of carbonyl (C=O) groups is 1. The summed E-state index contributed by atoms with van der Waals surface area (Å²) < 4.78 is 1.14. The van der Waals surface area contributed by atoms with E-state index in [9.17, 15) is 4.79 Å². The summed E-state index contributed by atoms with van der Waals surface area (Å²) in [5.74, 6) is 0.801. The maximum atomic E-state index is 11.9. The quantitative estimate of drug-likeness (QED) is 0.843. The van der Waals surface area contributed by atoms with E-state index in [2.05, 4.69) is 39.7 Å². The van der Waals surface area contributed by atoms with Crippen molar-refractivity contribution in [2.45, 2.75) is 19.8 Å². The van der Waals surface area contributed by atoms with E-state index in [1.165, 1.54) is 12.8 Å². The Morgan fingerprint density at radius 1 is 1.56 bits per heavy atom. The average molecular weight is 358 g/mol. The zero-order chi connectivity index (χ0) is 13.0. The predicted octanol–water partition coefficient (Wildman–Crippen LogP) is 2.96. The summed E-state index contributed by atoms with van der Waals surface area (Å²) in [7, 11) is 0. The average Bonchev–Trinajstić information content (AvgIpc) is 2.28. The third-order valence-electron chi connectivity index (χ3n) is 3.22. The summed E-state index contributed by atoms with van der Waals surface area (Å²) in [6, 6.07) is 7.89. The van der Waals surface area contributed by atoms with Crippen LogP contribution in [0, 0.1) is 9.49 Å². The Hall–Kier alpha value is -0.620. The second kappa shape index (κ2) is 6.52. The highest BCUT2D eigenvalue weighted by Crippen LogP contribution is 2.16. The summed E-state index contributed by atoms with van der Waals surface area (Å²) in [6.45, 7) is 4.85. The molecule has 1 heterocycles. The van der Waals surface area contributed by atoms with Gasteiger partial charge in [-0.3, -0.25) is 9.69 Å². The number of anilines is 1. The molecule has 18 heavy (non-hydrogen) atoms. The van der Waals surface area contributed by atoms with E-state index in [0.717, 1.165) is 22.3 Å². The van der Waals surface area contributed by atoms with Gasteiger partial charge in [-0.2, -0.15) is 0 Å². The number of nitrogens with zero attached hydrogens (tertiary/aromatic N) is 1. The van der Waals surface area contributed by atoms with Gasteiger partial charge in [0, 0.05) is 15.8 Å². The van der Waals surface area contributed by atoms with Crippen LogP contribution in [0.4, 0.5) is 5.69 Å². The molecule has 1 aliphatic rings. The first kappa shape index (κ1) is 13.8. The van der Waals surface area contributed by atoms with Crippen LogP contribution < -0.4 is 5.32 Å². The minimum atomic E-state index is 0.0890. The monoisotopic (exact) mass is 358 g/mol. The van der Waals surface area contributed by atoms with Crippen molar-refractivity contribution in [3.05, 3.63) is 27.8 Å². The van der Waals surface area contributed by atoms with Crippen molar-refractivity contribution in [1.82, 2.24) is 4.90 Å². The van der Waals surface area contributed by atoms with Crippen LogP contribution in [0.5, 0.6) is 0 Å². The number of hydrogen-bond acceptors (Lipinski definition) is 2. The number of nitrogens with one attached hydrogen (secondary N) is 1. The number of hydrogen-bond donors (Lipinski definition) is 1. The van der Waals surface area contributed by atoms with Crippen molar-refractivity contribution in [2.75, 3.05) is 25.0 Å². The van der Waals surface area contributed by atoms with Crippen LogP contribution in [-0.4, -0.2) is 30.4 Å². The molecule has 0 bridgehead atoms. The Balaban J connectivity index is 1.85. The lowest BCUT2D eigenvalue weighted by Crippen LogP contribution is -2.39. The largest absolute Gasteiger partial charge is 0.325 e. The maximum Gasteiger partial charge on any atom is 0.238 e. The van der Waals surface area contributed by atoms with Crippen molar-refractivity contribution >= 4 is 34.2 Å². The van der Waals surface area contributed by atoms with Crippen LogP contribution in [0.2, 0.25) is 0 Å². The van der Waals surface area contributed by atoms with Gasteiger partial charge in [-0.05, 0) is 66.1 Å². The molecule has 0 spiro atoms. The van der Waals surface area contributed by atoms with Crippen molar-refractivity contribution in [3.8, 4) is 0 Å². The SMILES string of the molecule is C[C@H]1CCCN(CC(=O)Nc2cccc(I)c2)C1. The van der Waals surface area contributed by atoms with Crippen LogP contribution in [0.15, 0.2) is 24.3 Å². The second-order valence-electron chi connectivity index (χ2n) is 5.04. The van der Waals surface area contributed by atoms with Gasteiger partial charge in [0.15, 0.2) is 0 Å². The van der Waals surface area contributed by atoms with Gasteiger partial charge >= 0.3 is 0 Å². The molecule has 2 rings (SSSR count). The van der Waals surface area contributed by atoms with Crippen molar-refractivity contribution in [3.63, 3.8) is 0 Å². The van der Waals surface area contributed by atoms with Gasteiger partial charge in [0.05, 0.1) is 6.54 Å². The fourth-order valence-corrected chi connectivity index (χ4v) is 2.94. The lowest BCUT2D eigenvalue weighted by molar-refractivity contribution is -0.117. The van der Waals surface area contributed by atoms with Gasteiger partial charge in [0.25, 0.3) is 0 Å². The lowest BCUT2D eigenvalue weighted by atomic mass is 10.0. The highest BCUT2D eigenvalue weighted by molar-refractivity contribution is 14.1. The van der Waals surface area contributed by atoms with Crippen molar-refractivity contribution < 1.29 is 4.79 Å². The summed E-state index contributed by atoms with van der Waals surface area (Å²) in [5.41, 5.74) is 0.886. The van der Waals surface area contributed by atoms with Crippen LogP contribution in [-0.2, 0) is 4.79 Å². The Bertz CT molecular complexity index is 422. The summed E-state index contributed by atoms with van der Waals surface area (Å²) in [6.07, 6.45) is 2.49. The zero-order valence-corrected chi connectivity index (χ0v) is 12.8. The second-order valence-corrected chi connectivity index (χ2v) is 6.29. The van der Waals surface area contributed by atoms with Gasteiger partial charge in [-0.1, -0.05) is 13.0 Å². The first-order valence-corrected chi connectivity index (χ1v) is 7.49. The van der Waals surface area contributed by atoms with E-state index in [4.69, 9.17) is 0 Å². The highest BCUT2D eigenvalue weighted by atomic mass is 127. The third-order valence-corrected chi connectivity index (χ3v) is 3.89. The molecule has 0 aromatic heterocycles. The van der Waals surface area contributed by atoms with Crippen LogP contribution in [0.25, 0.3) is 0 Å². The van der Waals surface area contributed by atoms with Gasteiger partial charge in [0.2, 0.25) is 5.91 Å². The fourth-order valence-electron chi connectivity index (χ4n) is 2.40. The molecule has 1 fully saturated rings. The first-order valence-electron chi connectivity index (χ1n) is 6.41. The number of piperidine rings is 1. The predicted molar refractivity (Wildman–Crippen MR) is 82.6 cm³/mol. The summed E-state index contributed by atoms with van der Waals surface area (Å²) >= 11 is 2.25. The molecule has 0 radical (unpaired) electrons. The standard InChI is InChI=1S/C14H19IN2O/c1-11-4-3-7-17(9-11)10-14(18)16-13-6-2-5-12(15)8-13/h2,5-6,8,11H,3-4,7,9-10H2,1H3,(H,16,18)/t11-/m0/s1. The molecule has 0 unspecified atom stereocenters. The number of halogens is 1. The molecule has 0 saturated carbocycles. The molecule has 1 aliphatic heterocycles. The topological polar surface area (TPSA) is 32.3 Å². The molecule has 1 N–H and O–H groups in total. The highest BCUT2D eigenvalue weighted by Gasteiger charge is 2.18. The minimum Gasteiger partial charge on any atom is -0.325 e. The normalized spacial score (nSPS) is 20.7. The number of benzene rings is 1.